The Hall–Kier alpha value is -1.05. The fraction of sp³-hybridized carbons (Fsp3) is 0.538. The van der Waals surface area contributed by atoms with E-state index in [2.05, 4.69) is 10.0 Å². The average Bonchev–Trinajstić information content (AvgIpc) is 2.39. The number of hydrogen-bond donors (Lipinski definition) is 2. The zero-order valence-electron chi connectivity index (χ0n) is 11.8. The Bertz CT molecular complexity index is 562. The summed E-state index contributed by atoms with van der Waals surface area (Å²) in [5.41, 5.74) is 0.385. The molecule has 2 N–H and O–H groups in total. The first-order valence-corrected chi connectivity index (χ1v) is 8.01. The van der Waals surface area contributed by atoms with Crippen molar-refractivity contribution in [2.45, 2.75) is 44.7 Å². The zero-order valence-corrected chi connectivity index (χ0v) is 12.7. The number of halogens is 2. The highest BCUT2D eigenvalue weighted by Gasteiger charge is 2.24. The molecule has 20 heavy (non-hydrogen) atoms. The zero-order chi connectivity index (χ0) is 15.3. The van der Waals surface area contributed by atoms with Crippen LogP contribution in [0.2, 0.25) is 0 Å². The molecule has 1 aromatic carbocycles. The van der Waals surface area contributed by atoms with Gasteiger partial charge in [-0.1, -0.05) is 13.8 Å². The molecule has 114 valence electrons. The van der Waals surface area contributed by atoms with Crippen LogP contribution in [-0.2, 0) is 16.6 Å². The number of hydrogen-bond acceptors (Lipinski definition) is 3. The first-order valence-electron chi connectivity index (χ1n) is 6.52. The fourth-order valence-corrected chi connectivity index (χ4v) is 3.06. The van der Waals surface area contributed by atoms with Crippen molar-refractivity contribution in [2.75, 3.05) is 6.54 Å². The van der Waals surface area contributed by atoms with Crippen LogP contribution in [0.5, 0.6) is 0 Å². The summed E-state index contributed by atoms with van der Waals surface area (Å²) in [4.78, 5) is -0.647. The molecule has 0 aromatic heterocycles. The quantitative estimate of drug-likeness (QED) is 0.811. The van der Waals surface area contributed by atoms with E-state index in [0.717, 1.165) is 12.1 Å². The van der Waals surface area contributed by atoms with Gasteiger partial charge in [-0.15, -0.1) is 0 Å². The van der Waals surface area contributed by atoms with E-state index in [1.54, 1.807) is 13.8 Å². The lowest BCUT2D eigenvalue weighted by molar-refractivity contribution is 0.478. The largest absolute Gasteiger partial charge is 0.313 e. The molecule has 0 saturated carbocycles. The Kier molecular flexibility index (Phi) is 6.04. The minimum atomic E-state index is -4.07. The fourth-order valence-electron chi connectivity index (χ4n) is 1.60. The molecule has 1 aromatic rings. The molecule has 1 rings (SSSR count). The van der Waals surface area contributed by atoms with Crippen molar-refractivity contribution in [3.63, 3.8) is 0 Å². The van der Waals surface area contributed by atoms with Crippen LogP contribution in [-0.4, -0.2) is 21.0 Å². The summed E-state index contributed by atoms with van der Waals surface area (Å²) in [5, 5.41) is 2.94. The maximum Gasteiger partial charge on any atom is 0.243 e. The maximum absolute atomic E-state index is 13.7. The van der Waals surface area contributed by atoms with Gasteiger partial charge < -0.3 is 5.32 Å². The van der Waals surface area contributed by atoms with Gasteiger partial charge in [-0.25, -0.2) is 21.9 Å². The highest BCUT2D eigenvalue weighted by Crippen LogP contribution is 2.20. The highest BCUT2D eigenvalue weighted by molar-refractivity contribution is 7.89. The lowest BCUT2D eigenvalue weighted by atomic mass is 10.2. The maximum atomic E-state index is 13.7. The van der Waals surface area contributed by atoms with E-state index in [0.29, 0.717) is 18.5 Å². The third-order valence-electron chi connectivity index (χ3n) is 2.89. The summed E-state index contributed by atoms with van der Waals surface area (Å²) in [6.07, 6.45) is 0.556. The van der Waals surface area contributed by atoms with Gasteiger partial charge in [-0.2, -0.15) is 0 Å². The molecule has 0 aliphatic rings. The van der Waals surface area contributed by atoms with Gasteiger partial charge in [0.1, 0.15) is 4.90 Å². The third-order valence-corrected chi connectivity index (χ3v) is 4.48. The summed E-state index contributed by atoms with van der Waals surface area (Å²) in [7, 11) is -4.07. The van der Waals surface area contributed by atoms with E-state index in [-0.39, 0.29) is 12.6 Å². The molecule has 0 heterocycles. The number of nitrogens with one attached hydrogen (secondary N) is 2. The van der Waals surface area contributed by atoms with E-state index >= 15 is 0 Å². The third kappa shape index (κ3) is 4.22. The van der Waals surface area contributed by atoms with E-state index in [9.17, 15) is 17.2 Å². The molecule has 0 bridgehead atoms. The second-order valence-electron chi connectivity index (χ2n) is 4.60. The lowest BCUT2D eigenvalue weighted by Crippen LogP contribution is -2.33. The van der Waals surface area contributed by atoms with E-state index in [1.165, 1.54) is 0 Å². The van der Waals surface area contributed by atoms with Gasteiger partial charge in [0.05, 0.1) is 0 Å². The number of rotatable bonds is 7. The SMILES string of the molecule is CCNCc1cc(F)c(F)c(S(=O)(=O)NC(C)CC)c1. The second kappa shape index (κ2) is 7.10. The smallest absolute Gasteiger partial charge is 0.243 e. The number of sulfonamides is 1. The summed E-state index contributed by atoms with van der Waals surface area (Å²) in [6.45, 7) is 6.24. The summed E-state index contributed by atoms with van der Waals surface area (Å²) in [5.74, 6) is -2.51. The van der Waals surface area contributed by atoms with Crippen molar-refractivity contribution in [2.24, 2.45) is 0 Å². The highest BCUT2D eigenvalue weighted by atomic mass is 32.2. The van der Waals surface area contributed by atoms with Crippen molar-refractivity contribution in [1.82, 2.24) is 10.0 Å². The summed E-state index contributed by atoms with van der Waals surface area (Å²) < 4.78 is 53.7. The molecule has 0 radical (unpaired) electrons. The van der Waals surface area contributed by atoms with Gasteiger partial charge in [-0.3, -0.25) is 0 Å². The van der Waals surface area contributed by atoms with Crippen LogP contribution < -0.4 is 10.0 Å². The molecule has 4 nitrogen and oxygen atoms in total. The van der Waals surface area contributed by atoms with E-state index in [1.807, 2.05) is 6.92 Å². The Morgan fingerprint density at radius 1 is 1.25 bits per heavy atom. The Balaban J connectivity index is 3.18. The molecule has 0 spiro atoms. The minimum Gasteiger partial charge on any atom is -0.313 e. The van der Waals surface area contributed by atoms with Crippen molar-refractivity contribution in [3.8, 4) is 0 Å². The first-order chi connectivity index (χ1) is 9.31. The normalized spacial score (nSPS) is 13.4. The molecule has 1 atom stereocenters. The van der Waals surface area contributed by atoms with Crippen LogP contribution in [0.1, 0.15) is 32.8 Å². The van der Waals surface area contributed by atoms with Crippen LogP contribution in [0.3, 0.4) is 0 Å². The standard InChI is InChI=1S/C13H20F2N2O2S/c1-4-9(3)17-20(18,19)12-7-10(8-16-5-2)6-11(14)13(12)15/h6-7,9,16-17H,4-5,8H2,1-3H3. The Morgan fingerprint density at radius 3 is 2.45 bits per heavy atom. The molecular formula is C13H20F2N2O2S. The molecule has 0 saturated heterocycles. The van der Waals surface area contributed by atoms with Gasteiger partial charge >= 0.3 is 0 Å². The molecule has 0 amide bonds. The molecule has 0 fully saturated rings. The van der Waals surface area contributed by atoms with Crippen LogP contribution in [0.15, 0.2) is 17.0 Å². The summed E-state index contributed by atoms with van der Waals surface area (Å²) >= 11 is 0. The van der Waals surface area contributed by atoms with E-state index in [4.69, 9.17) is 0 Å². The second-order valence-corrected chi connectivity index (χ2v) is 6.28. The summed E-state index contributed by atoms with van der Waals surface area (Å²) in [6, 6.07) is 1.81. The van der Waals surface area contributed by atoms with Gasteiger partial charge in [0.25, 0.3) is 0 Å². The lowest BCUT2D eigenvalue weighted by Gasteiger charge is -2.14. The van der Waals surface area contributed by atoms with Gasteiger partial charge in [0, 0.05) is 12.6 Å². The molecular weight excluding hydrogens is 286 g/mol. The van der Waals surface area contributed by atoms with Gasteiger partial charge in [-0.05, 0) is 37.6 Å². The van der Waals surface area contributed by atoms with Crippen LogP contribution >= 0.6 is 0 Å². The first kappa shape index (κ1) is 17.0. The monoisotopic (exact) mass is 306 g/mol. The number of benzene rings is 1. The predicted octanol–water partition coefficient (Wildman–Crippen LogP) is 2.15. The molecule has 1 unspecified atom stereocenters. The molecule has 0 aliphatic heterocycles. The van der Waals surface area contributed by atoms with Crippen molar-refractivity contribution >= 4 is 10.0 Å². The molecule has 7 heteroatoms. The van der Waals surface area contributed by atoms with Gasteiger partial charge in [0.2, 0.25) is 10.0 Å². The van der Waals surface area contributed by atoms with Gasteiger partial charge in [0.15, 0.2) is 11.6 Å². The topological polar surface area (TPSA) is 58.2 Å². The van der Waals surface area contributed by atoms with Crippen molar-refractivity contribution in [1.29, 1.82) is 0 Å². The average molecular weight is 306 g/mol. The van der Waals surface area contributed by atoms with Crippen LogP contribution in [0.4, 0.5) is 8.78 Å². The van der Waals surface area contributed by atoms with Crippen molar-refractivity contribution in [3.05, 3.63) is 29.3 Å². The van der Waals surface area contributed by atoms with Crippen LogP contribution in [0.25, 0.3) is 0 Å². The minimum absolute atomic E-state index is 0.277. The molecule has 0 aliphatic carbocycles. The van der Waals surface area contributed by atoms with E-state index < -0.39 is 26.6 Å². The van der Waals surface area contributed by atoms with Crippen LogP contribution in [0, 0.1) is 11.6 Å². The predicted molar refractivity (Wildman–Crippen MR) is 73.8 cm³/mol. The Morgan fingerprint density at radius 2 is 1.90 bits per heavy atom. The van der Waals surface area contributed by atoms with Crippen molar-refractivity contribution < 1.29 is 17.2 Å². The Labute approximate surface area is 118 Å².